The van der Waals surface area contributed by atoms with Crippen molar-refractivity contribution in [2.75, 3.05) is 24.7 Å². The number of nitrogens with two attached hydrogens (primary N) is 1. The van der Waals surface area contributed by atoms with Crippen molar-refractivity contribution in [3.8, 4) is 23.3 Å². The molecule has 3 heterocycles. The second kappa shape index (κ2) is 20.2. The van der Waals surface area contributed by atoms with E-state index in [9.17, 15) is 25.5 Å². The highest BCUT2D eigenvalue weighted by atomic mass is 33.1. The van der Waals surface area contributed by atoms with Gasteiger partial charge >= 0.3 is 0 Å². The van der Waals surface area contributed by atoms with E-state index < -0.39 is 36.3 Å². The summed E-state index contributed by atoms with van der Waals surface area (Å²) in [6.07, 6.45) is 12.1. The Hall–Kier alpha value is -3.76. The van der Waals surface area contributed by atoms with Gasteiger partial charge in [0.15, 0.2) is 11.5 Å². The number of H-pyrrole nitrogens is 1. The Morgan fingerprint density at radius 1 is 1.00 bits per heavy atom. The number of benzene rings is 2. The second-order valence-electron chi connectivity index (χ2n) is 20.1. The first-order valence-electron chi connectivity index (χ1n) is 24.3. The van der Waals surface area contributed by atoms with Gasteiger partial charge in [0, 0.05) is 71.2 Å². The highest BCUT2D eigenvalue weighted by molar-refractivity contribution is 8.76. The van der Waals surface area contributed by atoms with Crippen LogP contribution in [-0.4, -0.2) is 79.6 Å². The van der Waals surface area contributed by atoms with Crippen LogP contribution in [0.4, 0.5) is 0 Å². The number of hydrogen-bond donors (Lipinski definition) is 8. The summed E-state index contributed by atoms with van der Waals surface area (Å²) < 4.78 is 6.93. The number of dihydropyridines is 1. The van der Waals surface area contributed by atoms with Crippen LogP contribution in [0.25, 0.3) is 0 Å². The molecule has 348 valence electrons. The van der Waals surface area contributed by atoms with Gasteiger partial charge in [-0.1, -0.05) is 102 Å². The van der Waals surface area contributed by atoms with E-state index in [1.54, 1.807) is 21.6 Å². The maximum absolute atomic E-state index is 12.5. The number of rotatable bonds is 9. The van der Waals surface area contributed by atoms with Crippen LogP contribution in [-0.2, 0) is 19.3 Å². The Labute approximate surface area is 393 Å². The number of phenolic OH excluding ortho intramolecular Hbond substituents is 1. The number of hydrogen-bond acceptors (Lipinski definition) is 10. The zero-order valence-corrected chi connectivity index (χ0v) is 39.6. The topological polar surface area (TPSA) is 164 Å². The lowest BCUT2D eigenvalue weighted by Crippen LogP contribution is -2.42. The molecule has 2 fully saturated rings. The molecule has 4 aliphatic carbocycles. The van der Waals surface area contributed by atoms with Gasteiger partial charge in [0.1, 0.15) is 11.9 Å². The van der Waals surface area contributed by atoms with Crippen LogP contribution < -0.4 is 15.8 Å². The fraction of sp³-hybridized carbons (Fsp3) is 0.556. The number of aromatic hydroxyl groups is 1. The Kier molecular flexibility index (Phi) is 14.4. The third kappa shape index (κ3) is 9.69. The zero-order valence-electron chi connectivity index (χ0n) is 38.0. The summed E-state index contributed by atoms with van der Waals surface area (Å²) in [5, 5.41) is 62.9. The normalized spacial score (nSPS) is 34.3. The van der Waals surface area contributed by atoms with Crippen LogP contribution in [0.3, 0.4) is 0 Å². The SMILES string of the molecule is CC[C@H]1Cc2cc(O)c(O[C@H]3C[C@@H](Cc4ccc[nH]4)C4=CCNC(N)=C4CSSC[C@H](CO)[C@@H]3O)cc2[C@H]2C[C@@H](O)[C@@H]3[C@@H](O)[C@@H]4CCC[C@]([C@H](C)Cc5ccccc5)(C#C[C@H]3C=C12)CC4. The molecule has 6 aliphatic rings. The number of aliphatic hydroxyl groups is 4. The number of ether oxygens (including phenoxy) is 1. The standard InChI is InChI=1S/C54H69N3O6S2/c1-3-34-22-37-25-46(59)48(63-49-26-38(23-40-12-8-19-56-40)41-15-20-57-53(55)45(41)31-65-64-30-39(29-58)51(49)61)28-43(37)44-27-47(60)50-36(24-42(34)44)14-18-54(16-7-11-35(13-17-54)52(50)62)32(2)21-33-9-5-4-6-10-33/h4-6,8-10,12,15,19,24-25,28,32,34-36,38-39,44,47,49-52,56-62H,3,7,11,13,16-17,20-23,26-27,29-31,55H2,1-2H3/t32-,34+,35-,36+,38-,39+,44+,47-,49+,50-,51+,52+,54-/m1/s1. The molecule has 11 heteroatoms. The van der Waals surface area contributed by atoms with Crippen molar-refractivity contribution in [1.29, 1.82) is 0 Å². The molecule has 1 aromatic heterocycles. The van der Waals surface area contributed by atoms with Gasteiger partial charge in [-0.15, -0.1) is 0 Å². The zero-order chi connectivity index (χ0) is 45.2. The minimum Gasteiger partial charge on any atom is -0.504 e. The van der Waals surface area contributed by atoms with Crippen LogP contribution >= 0.6 is 21.6 Å². The molecule has 65 heavy (non-hydrogen) atoms. The molecule has 13 atom stereocenters. The lowest BCUT2D eigenvalue weighted by molar-refractivity contribution is -0.0346. The van der Waals surface area contributed by atoms with Crippen LogP contribution in [0.1, 0.15) is 93.5 Å². The highest BCUT2D eigenvalue weighted by Gasteiger charge is 2.47. The third-order valence-corrected chi connectivity index (χ3v) is 18.7. The van der Waals surface area contributed by atoms with E-state index in [4.69, 9.17) is 10.5 Å². The van der Waals surface area contributed by atoms with E-state index in [0.29, 0.717) is 49.1 Å². The lowest BCUT2D eigenvalue weighted by Gasteiger charge is -2.37. The molecule has 1 saturated carbocycles. The number of aromatic amines is 1. The first kappa shape index (κ1) is 46.4. The average molecular weight is 920 g/mol. The van der Waals surface area contributed by atoms with Crippen molar-refractivity contribution < 1.29 is 30.3 Å². The Bertz CT molecular complexity index is 2290. The second-order valence-corrected chi connectivity index (χ2v) is 22.6. The smallest absolute Gasteiger partial charge is 0.161 e. The van der Waals surface area contributed by atoms with Gasteiger partial charge < -0.3 is 46.3 Å². The fourth-order valence-corrected chi connectivity index (χ4v) is 15.0. The molecule has 9 nitrogen and oxygen atoms in total. The number of aliphatic hydroxyl groups excluding tert-OH is 4. The Morgan fingerprint density at radius 2 is 1.85 bits per heavy atom. The largest absolute Gasteiger partial charge is 0.504 e. The molecule has 9 N–H and O–H groups in total. The van der Waals surface area contributed by atoms with Crippen molar-refractivity contribution in [3.63, 3.8) is 0 Å². The minimum atomic E-state index is -1.03. The van der Waals surface area contributed by atoms with Crippen molar-refractivity contribution in [2.45, 2.75) is 115 Å². The summed E-state index contributed by atoms with van der Waals surface area (Å²) >= 11 is 0. The maximum Gasteiger partial charge on any atom is 0.161 e. The number of phenols is 1. The van der Waals surface area contributed by atoms with Crippen LogP contribution in [0.2, 0.25) is 0 Å². The van der Waals surface area contributed by atoms with E-state index in [1.165, 1.54) is 11.1 Å². The molecular formula is C54H69N3O6S2. The summed E-state index contributed by atoms with van der Waals surface area (Å²) in [6, 6.07) is 18.6. The van der Waals surface area contributed by atoms with Crippen LogP contribution in [0.5, 0.6) is 11.5 Å². The van der Waals surface area contributed by atoms with Gasteiger partial charge in [0.25, 0.3) is 0 Å². The van der Waals surface area contributed by atoms with Gasteiger partial charge in [-0.2, -0.15) is 0 Å². The number of aromatic nitrogens is 1. The molecule has 9 rings (SSSR count). The average Bonchev–Trinajstić information content (AvgIpc) is 3.66. The number of nitrogens with one attached hydrogen (secondary N) is 2. The highest BCUT2D eigenvalue weighted by Crippen LogP contribution is 2.53. The molecule has 0 unspecified atom stereocenters. The van der Waals surface area contributed by atoms with E-state index in [1.807, 2.05) is 24.4 Å². The fourth-order valence-electron chi connectivity index (χ4n) is 12.5. The molecule has 0 amide bonds. The molecular weight excluding hydrogens is 851 g/mol. The van der Waals surface area contributed by atoms with E-state index in [2.05, 4.69) is 84.5 Å². The summed E-state index contributed by atoms with van der Waals surface area (Å²) in [5.74, 6) is 9.08. The number of allylic oxidation sites excluding steroid dienone is 3. The summed E-state index contributed by atoms with van der Waals surface area (Å²) in [7, 11) is 3.28. The van der Waals surface area contributed by atoms with E-state index in [-0.39, 0.29) is 53.1 Å². The molecule has 2 bridgehead atoms. The molecule has 0 radical (unpaired) electrons. The Balaban J connectivity index is 1.08. The predicted octanol–water partition coefficient (Wildman–Crippen LogP) is 8.19. The lowest BCUT2D eigenvalue weighted by atomic mass is 9.68. The molecule has 3 aromatic rings. The molecule has 2 aliphatic heterocycles. The van der Waals surface area contributed by atoms with Gasteiger partial charge in [-0.05, 0) is 134 Å². The summed E-state index contributed by atoms with van der Waals surface area (Å²) in [4.78, 5) is 3.37. The van der Waals surface area contributed by atoms with Crippen LogP contribution in [0.15, 0.2) is 95.5 Å². The quantitative estimate of drug-likeness (QED) is 0.0597. The van der Waals surface area contributed by atoms with Gasteiger partial charge in [0.05, 0.1) is 18.3 Å². The molecule has 2 aromatic carbocycles. The molecule has 1 saturated heterocycles. The predicted molar refractivity (Wildman–Crippen MR) is 262 cm³/mol. The monoisotopic (exact) mass is 919 g/mol. The third-order valence-electron chi connectivity index (χ3n) is 16.3. The summed E-state index contributed by atoms with van der Waals surface area (Å²) in [6.45, 7) is 4.97. The number of fused-ring (bicyclic) bond motifs is 8. The van der Waals surface area contributed by atoms with Gasteiger partial charge in [-0.25, -0.2) is 0 Å². The Morgan fingerprint density at radius 3 is 2.63 bits per heavy atom. The molecule has 0 spiro atoms. The van der Waals surface area contributed by atoms with Crippen LogP contribution in [0, 0.1) is 58.7 Å². The summed E-state index contributed by atoms with van der Waals surface area (Å²) in [5.41, 5.74) is 14.3. The van der Waals surface area contributed by atoms with E-state index in [0.717, 1.165) is 79.3 Å². The van der Waals surface area contributed by atoms with Crippen molar-refractivity contribution in [2.24, 2.45) is 52.6 Å². The maximum atomic E-state index is 12.5. The van der Waals surface area contributed by atoms with Gasteiger partial charge in [-0.3, -0.25) is 0 Å². The first-order valence-corrected chi connectivity index (χ1v) is 26.8. The minimum absolute atomic E-state index is 0.0143. The van der Waals surface area contributed by atoms with Crippen molar-refractivity contribution in [3.05, 3.63) is 118 Å². The van der Waals surface area contributed by atoms with Gasteiger partial charge in [0.2, 0.25) is 0 Å². The van der Waals surface area contributed by atoms with Crippen molar-refractivity contribution in [1.82, 2.24) is 10.3 Å². The van der Waals surface area contributed by atoms with E-state index >= 15 is 0 Å². The first-order chi connectivity index (χ1) is 31.6. The van der Waals surface area contributed by atoms with Crippen molar-refractivity contribution >= 4 is 21.6 Å².